The van der Waals surface area contributed by atoms with E-state index in [4.69, 9.17) is 28.1 Å². The van der Waals surface area contributed by atoms with Crippen LogP contribution in [-0.4, -0.2) is 64.3 Å². The van der Waals surface area contributed by atoms with Gasteiger partial charge in [0, 0.05) is 6.92 Å². The zero-order chi connectivity index (χ0) is 38.8. The van der Waals surface area contributed by atoms with E-state index >= 15 is 0 Å². The van der Waals surface area contributed by atoms with Gasteiger partial charge in [0.25, 0.3) is 8.32 Å². The van der Waals surface area contributed by atoms with Gasteiger partial charge in [0.15, 0.2) is 11.9 Å². The van der Waals surface area contributed by atoms with Crippen molar-refractivity contribution in [3.8, 4) is 5.75 Å². The molecule has 0 saturated carbocycles. The Kier molecular flexibility index (Phi) is 10.9. The van der Waals surface area contributed by atoms with E-state index in [0.717, 1.165) is 32.8 Å². The lowest BCUT2D eigenvalue weighted by Gasteiger charge is -2.51. The summed E-state index contributed by atoms with van der Waals surface area (Å²) in [6.45, 7) is 12.1. The van der Waals surface area contributed by atoms with E-state index < -0.39 is 56.0 Å². The first-order valence-corrected chi connectivity index (χ1v) is 21.0. The standard InChI is InChI=1S/C47H52O7Si/c1-33(48)51-41-40(32-50-55(45(2,3)4,38-24-16-10-17-25-38)39-26-18-11-19-27-39)52-44(43-42(41)53-46(5,6)54-43)47(34-20-12-8-13-21-34,35-22-14-9-15-23-35)36-28-30-37(49-7)31-29-36/h8-31,40-44H,32H2,1-7H3/t40-,41-,42+,43+,44+/m1/s1. The van der Waals surface area contributed by atoms with Crippen molar-refractivity contribution >= 4 is 24.7 Å². The van der Waals surface area contributed by atoms with E-state index in [1.807, 2.05) is 50.2 Å². The van der Waals surface area contributed by atoms with Crippen molar-refractivity contribution in [3.63, 3.8) is 0 Å². The van der Waals surface area contributed by atoms with Gasteiger partial charge in [0.05, 0.1) is 19.1 Å². The molecule has 0 spiro atoms. The van der Waals surface area contributed by atoms with Gasteiger partial charge in [-0.15, -0.1) is 0 Å². The summed E-state index contributed by atoms with van der Waals surface area (Å²) in [6.07, 6.45) is -3.54. The Bertz CT molecular complexity index is 1940. The fourth-order valence-electron chi connectivity index (χ4n) is 8.89. The normalized spacial score (nSPS) is 22.4. The first-order chi connectivity index (χ1) is 26.4. The minimum Gasteiger partial charge on any atom is -0.497 e. The van der Waals surface area contributed by atoms with Gasteiger partial charge in [-0.25, -0.2) is 0 Å². The van der Waals surface area contributed by atoms with Crippen LogP contribution in [0.15, 0.2) is 146 Å². The molecule has 2 heterocycles. The van der Waals surface area contributed by atoms with Crippen molar-refractivity contribution in [3.05, 3.63) is 162 Å². The van der Waals surface area contributed by atoms with Crippen molar-refractivity contribution < 1.29 is 32.9 Å². The summed E-state index contributed by atoms with van der Waals surface area (Å²) < 4.78 is 40.6. The molecule has 55 heavy (non-hydrogen) atoms. The molecular weight excluding hydrogens is 705 g/mol. The Balaban J connectivity index is 1.44. The maximum atomic E-state index is 13.0. The second kappa shape index (κ2) is 15.5. The lowest BCUT2D eigenvalue weighted by molar-refractivity contribution is -0.219. The van der Waals surface area contributed by atoms with Gasteiger partial charge in [-0.3, -0.25) is 4.79 Å². The van der Waals surface area contributed by atoms with E-state index in [-0.39, 0.29) is 11.6 Å². The predicted octanol–water partition coefficient (Wildman–Crippen LogP) is 7.83. The van der Waals surface area contributed by atoms with Crippen LogP contribution in [0.4, 0.5) is 0 Å². The molecule has 0 bridgehead atoms. The predicted molar refractivity (Wildman–Crippen MR) is 217 cm³/mol. The van der Waals surface area contributed by atoms with E-state index in [1.165, 1.54) is 6.92 Å². The molecule has 8 heteroatoms. The maximum Gasteiger partial charge on any atom is 0.303 e. The number of benzene rings is 5. The number of methoxy groups -OCH3 is 1. The van der Waals surface area contributed by atoms with Crippen LogP contribution in [0.25, 0.3) is 0 Å². The number of rotatable bonds is 11. The first kappa shape index (κ1) is 38.7. The molecule has 0 radical (unpaired) electrons. The van der Waals surface area contributed by atoms with Gasteiger partial charge in [-0.2, -0.15) is 0 Å². The third-order valence-electron chi connectivity index (χ3n) is 11.1. The summed E-state index contributed by atoms with van der Waals surface area (Å²) >= 11 is 0. The van der Waals surface area contributed by atoms with E-state index in [1.54, 1.807) is 7.11 Å². The van der Waals surface area contributed by atoms with Crippen LogP contribution in [0.3, 0.4) is 0 Å². The Morgan fingerprint density at radius 1 is 0.673 bits per heavy atom. The van der Waals surface area contributed by atoms with Crippen LogP contribution in [0.1, 0.15) is 58.2 Å². The Morgan fingerprint density at radius 3 is 1.58 bits per heavy atom. The quantitative estimate of drug-likeness (QED) is 0.0774. The van der Waals surface area contributed by atoms with Crippen molar-refractivity contribution in [2.75, 3.05) is 13.7 Å². The van der Waals surface area contributed by atoms with Gasteiger partial charge < -0.3 is 28.1 Å². The van der Waals surface area contributed by atoms with Crippen LogP contribution < -0.4 is 15.1 Å². The average molecular weight is 757 g/mol. The Hall–Kier alpha value is -4.57. The van der Waals surface area contributed by atoms with Crippen LogP contribution in [0.2, 0.25) is 5.04 Å². The first-order valence-electron chi connectivity index (χ1n) is 19.1. The molecule has 0 amide bonds. The van der Waals surface area contributed by atoms with E-state index in [9.17, 15) is 4.79 Å². The average Bonchev–Trinajstić information content (AvgIpc) is 3.52. The number of carbonyl (C=O) groups excluding carboxylic acids is 1. The van der Waals surface area contributed by atoms with Crippen LogP contribution in [0.5, 0.6) is 5.75 Å². The van der Waals surface area contributed by atoms with Gasteiger partial charge >= 0.3 is 5.97 Å². The minimum atomic E-state index is -3.04. The zero-order valence-corrected chi connectivity index (χ0v) is 33.8. The number of ether oxygens (including phenoxy) is 5. The summed E-state index contributed by atoms with van der Waals surface area (Å²) in [5.41, 5.74) is 2.10. The summed E-state index contributed by atoms with van der Waals surface area (Å²) in [7, 11) is -1.37. The number of hydrogen-bond acceptors (Lipinski definition) is 7. The minimum absolute atomic E-state index is 0.136. The molecule has 7 rings (SSSR count). The highest BCUT2D eigenvalue weighted by molar-refractivity contribution is 6.99. The Labute approximate surface area is 326 Å². The lowest BCUT2D eigenvalue weighted by atomic mass is 9.63. The fourth-order valence-corrected chi connectivity index (χ4v) is 13.5. The van der Waals surface area contributed by atoms with Crippen molar-refractivity contribution in [1.29, 1.82) is 0 Å². The largest absolute Gasteiger partial charge is 0.497 e. The van der Waals surface area contributed by atoms with Crippen LogP contribution in [0, 0.1) is 0 Å². The molecule has 2 fully saturated rings. The summed E-state index contributed by atoms with van der Waals surface area (Å²) in [6, 6.07) is 50.0. The van der Waals surface area contributed by atoms with Gasteiger partial charge in [0.2, 0.25) is 0 Å². The van der Waals surface area contributed by atoms with Crippen LogP contribution in [-0.2, 0) is 33.6 Å². The zero-order valence-electron chi connectivity index (χ0n) is 32.8. The summed E-state index contributed by atoms with van der Waals surface area (Å²) in [5, 5.41) is 2.00. The molecule has 0 aromatic heterocycles. The highest BCUT2D eigenvalue weighted by Crippen LogP contribution is 2.51. The highest BCUT2D eigenvalue weighted by atomic mass is 28.4. The van der Waals surface area contributed by atoms with Gasteiger partial charge in [-0.1, -0.05) is 154 Å². The molecule has 5 aromatic rings. The molecule has 0 aliphatic carbocycles. The number of fused-ring (bicyclic) bond motifs is 1. The lowest BCUT2D eigenvalue weighted by Crippen LogP contribution is -2.69. The monoisotopic (exact) mass is 756 g/mol. The van der Waals surface area contributed by atoms with E-state index in [0.29, 0.717) is 0 Å². The van der Waals surface area contributed by atoms with Crippen molar-refractivity contribution in [2.24, 2.45) is 0 Å². The molecule has 7 nitrogen and oxygen atoms in total. The molecule has 0 unspecified atom stereocenters. The smallest absolute Gasteiger partial charge is 0.303 e. The third-order valence-corrected chi connectivity index (χ3v) is 16.1. The topological polar surface area (TPSA) is 72.5 Å². The highest BCUT2D eigenvalue weighted by Gasteiger charge is 2.63. The van der Waals surface area contributed by atoms with Gasteiger partial charge in [-0.05, 0) is 58.1 Å². The number of esters is 1. The van der Waals surface area contributed by atoms with E-state index in [2.05, 4.69) is 130 Å². The molecule has 5 aromatic carbocycles. The van der Waals surface area contributed by atoms with Crippen LogP contribution >= 0.6 is 0 Å². The van der Waals surface area contributed by atoms with Crippen molar-refractivity contribution in [1.82, 2.24) is 0 Å². The Morgan fingerprint density at radius 2 is 1.13 bits per heavy atom. The molecule has 286 valence electrons. The maximum absolute atomic E-state index is 13.0. The molecule has 0 N–H and O–H groups in total. The fraction of sp³-hybridized carbons (Fsp3) is 0.340. The summed E-state index contributed by atoms with van der Waals surface area (Å²) in [5.74, 6) is -0.682. The molecular formula is C47H52O7Si. The molecule has 2 saturated heterocycles. The second-order valence-corrected chi connectivity index (χ2v) is 20.3. The van der Waals surface area contributed by atoms with Gasteiger partial charge in [0.1, 0.15) is 30.2 Å². The summed E-state index contributed by atoms with van der Waals surface area (Å²) in [4.78, 5) is 13.0. The second-order valence-electron chi connectivity index (χ2n) is 16.0. The SMILES string of the molecule is COc1ccc(C(c2ccccc2)(c2ccccc2)[C@H]2O[C@H](CO[Si](c3ccccc3)(c3ccccc3)C(C)(C)C)[C@@H](OC(C)=O)[C@@H]3OC(C)(C)O[C@@H]32)cc1. The molecule has 5 atom stereocenters. The van der Waals surface area contributed by atoms with Crippen molar-refractivity contribution in [2.45, 2.75) is 88.3 Å². The number of carbonyl (C=O) groups is 1. The third kappa shape index (κ3) is 7.18. The molecule has 2 aliphatic heterocycles. The number of hydrogen-bond donors (Lipinski definition) is 0. The molecule has 2 aliphatic rings.